The summed E-state index contributed by atoms with van der Waals surface area (Å²) >= 11 is 0. The number of fused-ring (bicyclic) bond motifs is 4. The molecule has 258 valence electrons. The van der Waals surface area contributed by atoms with Crippen LogP contribution in [0.3, 0.4) is 0 Å². The van der Waals surface area contributed by atoms with E-state index in [2.05, 4.69) is 5.48 Å². The first-order chi connectivity index (χ1) is 22.9. The normalized spacial score (nSPS) is 30.2. The molecule has 3 aliphatic heterocycles. The third kappa shape index (κ3) is 6.14. The molecule has 0 bridgehead atoms. The molecule has 0 saturated carbocycles. The van der Waals surface area contributed by atoms with Crippen molar-refractivity contribution in [2.45, 2.75) is 95.7 Å². The fourth-order valence-electron chi connectivity index (χ4n) is 6.44. The number of hydrogen-bond acceptors (Lipinski definition) is 15. The van der Waals surface area contributed by atoms with Crippen LogP contribution in [0, 0.1) is 0 Å². The van der Waals surface area contributed by atoms with Gasteiger partial charge in [0.2, 0.25) is 6.29 Å². The Balaban J connectivity index is 1.34. The largest absolute Gasteiger partial charge is 0.463 e. The number of hydrogen-bond donors (Lipinski definition) is 2. The van der Waals surface area contributed by atoms with E-state index in [9.17, 15) is 33.9 Å². The molecule has 6 rings (SSSR count). The number of rotatable bonds is 9. The molecule has 18 nitrogen and oxygen atoms in total. The number of carbonyl (C=O) groups excluding carboxylic acids is 4. The van der Waals surface area contributed by atoms with Gasteiger partial charge in [0, 0.05) is 34.2 Å². The van der Waals surface area contributed by atoms with Crippen LogP contribution in [0.25, 0.3) is 5.69 Å². The van der Waals surface area contributed by atoms with Crippen LogP contribution < -0.4 is 16.9 Å². The van der Waals surface area contributed by atoms with Crippen molar-refractivity contribution in [3.05, 3.63) is 62.6 Å². The van der Waals surface area contributed by atoms with Crippen molar-refractivity contribution < 1.29 is 57.5 Å². The molecule has 0 spiro atoms. The molecule has 2 aromatic rings. The van der Waals surface area contributed by atoms with Gasteiger partial charge in [-0.15, -0.1) is 0 Å². The van der Waals surface area contributed by atoms with Crippen LogP contribution in [0.1, 0.15) is 40.2 Å². The average Bonchev–Trinajstić information content (AvgIpc) is 3.78. The Hall–Kier alpha value is -4.78. The number of epoxide rings is 1. The second-order valence-electron chi connectivity index (χ2n) is 11.6. The van der Waals surface area contributed by atoms with Gasteiger partial charge in [0.15, 0.2) is 18.3 Å². The van der Waals surface area contributed by atoms with Crippen LogP contribution in [0.5, 0.6) is 0 Å². The average molecular weight is 675 g/mol. The zero-order chi connectivity index (χ0) is 34.4. The molecule has 0 unspecified atom stereocenters. The van der Waals surface area contributed by atoms with Crippen molar-refractivity contribution in [3.8, 4) is 5.69 Å². The minimum absolute atomic E-state index is 0.0913. The summed E-state index contributed by atoms with van der Waals surface area (Å²) in [6.07, 6.45) is -9.53. The quantitative estimate of drug-likeness (QED) is 0.137. The second-order valence-corrected chi connectivity index (χ2v) is 11.6. The lowest BCUT2D eigenvalue weighted by Crippen LogP contribution is -2.63. The fraction of sp³-hybridized carbons (Fsp3) is 0.533. The van der Waals surface area contributed by atoms with Gasteiger partial charge < -0.3 is 33.5 Å². The molecule has 18 heteroatoms. The van der Waals surface area contributed by atoms with Crippen LogP contribution in [-0.4, -0.2) is 98.5 Å². The van der Waals surface area contributed by atoms with E-state index in [1.54, 1.807) is 30.3 Å². The third-order valence-corrected chi connectivity index (χ3v) is 8.34. The van der Waals surface area contributed by atoms with E-state index in [-0.39, 0.29) is 13.0 Å². The van der Waals surface area contributed by atoms with Crippen LogP contribution in [0.2, 0.25) is 0 Å². The number of nitrogens with one attached hydrogen (secondary N) is 1. The van der Waals surface area contributed by atoms with Crippen molar-refractivity contribution >= 4 is 23.9 Å². The first-order valence-corrected chi connectivity index (χ1v) is 15.2. The Bertz CT molecular complexity index is 1760. The first kappa shape index (κ1) is 33.1. The Morgan fingerprint density at radius 2 is 1.52 bits per heavy atom. The molecule has 1 aromatic heterocycles. The number of hydroxylamine groups is 1. The predicted octanol–water partition coefficient (Wildman–Crippen LogP) is -1.25. The summed E-state index contributed by atoms with van der Waals surface area (Å²) in [5, 5.41) is 11.3. The summed E-state index contributed by atoms with van der Waals surface area (Å²) < 4.78 is 36.6. The Labute approximate surface area is 271 Å². The number of carbonyl (C=O) groups is 4. The summed E-state index contributed by atoms with van der Waals surface area (Å²) in [7, 11) is 0. The van der Waals surface area contributed by atoms with Crippen LogP contribution in [0.4, 0.5) is 0 Å². The lowest BCUT2D eigenvalue weighted by molar-refractivity contribution is -0.318. The number of nitrogens with zero attached hydrogens (tertiary/aromatic N) is 3. The molecule has 0 amide bonds. The standard InChI is InChI=1S/C30H34N4O14/c1-13(35)42-12-19-23(43-14(2)36)26(44-15(3)37)27(45-16(4)38)28(46-19)48-31-20-18-10-11-32-29(40)33(17-8-6-5-7-9-17)30(41)34(32)21(18)22(39)25-24(20)47-25/h5-9,19,21-28,31,39H,10-12H2,1-4H3/t19-,21-,22+,23-,24-,25+,26+,27-,28+/m1/s1. The van der Waals surface area contributed by atoms with Crippen LogP contribution >= 0.6 is 0 Å². The highest BCUT2D eigenvalue weighted by Crippen LogP contribution is 2.47. The number of esters is 4. The first-order valence-electron chi connectivity index (χ1n) is 15.2. The summed E-state index contributed by atoms with van der Waals surface area (Å²) in [4.78, 5) is 81.0. The molecule has 9 atom stereocenters. The summed E-state index contributed by atoms with van der Waals surface area (Å²) in [6.45, 7) is 4.10. The lowest BCUT2D eigenvalue weighted by atomic mass is 9.86. The maximum atomic E-state index is 13.7. The summed E-state index contributed by atoms with van der Waals surface area (Å²) in [5.41, 5.74) is 2.77. The van der Waals surface area contributed by atoms with Gasteiger partial charge in [-0.2, -0.15) is 0 Å². The monoisotopic (exact) mass is 674 g/mol. The van der Waals surface area contributed by atoms with Gasteiger partial charge in [-0.3, -0.25) is 24.7 Å². The van der Waals surface area contributed by atoms with E-state index >= 15 is 0 Å². The third-order valence-electron chi connectivity index (χ3n) is 8.34. The number of para-hydroxylation sites is 1. The number of ether oxygens (including phenoxy) is 6. The maximum absolute atomic E-state index is 13.7. The summed E-state index contributed by atoms with van der Waals surface area (Å²) in [6, 6.07) is 7.38. The van der Waals surface area contributed by atoms with E-state index in [1.165, 1.54) is 9.36 Å². The van der Waals surface area contributed by atoms with E-state index in [0.717, 1.165) is 32.3 Å². The van der Waals surface area contributed by atoms with Crippen LogP contribution in [-0.2, 0) is 59.0 Å². The number of aliphatic hydroxyl groups is 1. The van der Waals surface area contributed by atoms with Crippen molar-refractivity contribution in [2.75, 3.05) is 6.61 Å². The lowest BCUT2D eigenvalue weighted by Gasteiger charge is -2.44. The molecule has 1 aromatic carbocycles. The molecular weight excluding hydrogens is 640 g/mol. The van der Waals surface area contributed by atoms with Gasteiger partial charge in [0.05, 0.1) is 11.4 Å². The zero-order valence-corrected chi connectivity index (χ0v) is 26.3. The molecular formula is C30H34N4O14. The molecule has 4 aliphatic rings. The number of aromatic nitrogens is 3. The van der Waals surface area contributed by atoms with E-state index < -0.39 is 96.9 Å². The highest BCUT2D eigenvalue weighted by Gasteiger charge is 2.59. The van der Waals surface area contributed by atoms with E-state index in [1.807, 2.05) is 0 Å². The second kappa shape index (κ2) is 13.0. The molecule has 2 N–H and O–H groups in total. The Morgan fingerprint density at radius 3 is 2.17 bits per heavy atom. The highest BCUT2D eigenvalue weighted by atomic mass is 16.8. The predicted molar refractivity (Wildman–Crippen MR) is 156 cm³/mol. The maximum Gasteiger partial charge on any atom is 0.352 e. The SMILES string of the molecule is CC(=O)OC[C@H]1O[C@@H](ONC2=C3CCn4c(=O)n(-c5ccccc5)c(=O)n4[C@H]3[C@H](O)[C@@H]3O[C@H]23)[C@H](OC(C)=O)[C@@H](OC(C)=O)[C@@H]1OC(C)=O. The topological polar surface area (TPSA) is 217 Å². The molecule has 2 saturated heterocycles. The minimum atomic E-state index is -1.55. The van der Waals surface area contributed by atoms with Gasteiger partial charge in [-0.1, -0.05) is 18.2 Å². The zero-order valence-electron chi connectivity index (χ0n) is 26.3. The summed E-state index contributed by atoms with van der Waals surface area (Å²) in [5.74, 6) is -3.07. The van der Waals surface area contributed by atoms with Crippen molar-refractivity contribution in [3.63, 3.8) is 0 Å². The van der Waals surface area contributed by atoms with E-state index in [4.69, 9.17) is 33.3 Å². The number of aliphatic hydroxyl groups excluding tert-OH is 1. The van der Waals surface area contributed by atoms with E-state index in [0.29, 0.717) is 17.0 Å². The molecule has 0 radical (unpaired) electrons. The Kier molecular flexibility index (Phi) is 8.99. The van der Waals surface area contributed by atoms with Crippen molar-refractivity contribution in [1.29, 1.82) is 0 Å². The minimum Gasteiger partial charge on any atom is -0.463 e. The molecule has 2 fully saturated rings. The molecule has 48 heavy (non-hydrogen) atoms. The Morgan fingerprint density at radius 1 is 0.875 bits per heavy atom. The van der Waals surface area contributed by atoms with Crippen LogP contribution in [0.15, 0.2) is 51.2 Å². The van der Waals surface area contributed by atoms with Crippen molar-refractivity contribution in [2.24, 2.45) is 0 Å². The van der Waals surface area contributed by atoms with Gasteiger partial charge in [-0.25, -0.2) is 28.4 Å². The van der Waals surface area contributed by atoms with Gasteiger partial charge >= 0.3 is 35.3 Å². The fourth-order valence-corrected chi connectivity index (χ4v) is 6.44. The highest BCUT2D eigenvalue weighted by molar-refractivity contribution is 5.68. The molecule has 1 aliphatic carbocycles. The van der Waals surface area contributed by atoms with Gasteiger partial charge in [0.25, 0.3) is 0 Å². The van der Waals surface area contributed by atoms with Gasteiger partial charge in [-0.05, 0) is 24.1 Å². The van der Waals surface area contributed by atoms with Crippen molar-refractivity contribution in [1.82, 2.24) is 19.4 Å². The molecule has 4 heterocycles. The van der Waals surface area contributed by atoms with Gasteiger partial charge in [0.1, 0.15) is 37.1 Å². The smallest absolute Gasteiger partial charge is 0.352 e. The number of benzene rings is 1.